The number of hydrogen-bond donors (Lipinski definition) is 0. The quantitative estimate of drug-likeness (QED) is 0.643. The maximum atomic E-state index is 2.53. The van der Waals surface area contributed by atoms with E-state index in [0.29, 0.717) is 0 Å². The van der Waals surface area contributed by atoms with Crippen molar-refractivity contribution >= 4 is 5.57 Å². The van der Waals surface area contributed by atoms with E-state index in [1.807, 2.05) is 0 Å². The third kappa shape index (κ3) is 2.46. The van der Waals surface area contributed by atoms with Crippen LogP contribution in [0.2, 0.25) is 0 Å². The summed E-state index contributed by atoms with van der Waals surface area (Å²) in [6, 6.07) is 8.95. The standard InChI is InChI=1S/C21H28.Li.H/c1-19(2,3)21(20(4,5)6)12-11-16-13-15-9-7-8-10-17(15)18(16)14-21;;/h7-12H,13-14H2,1-6H3;;/q;+1;-1. The van der Waals surface area contributed by atoms with Gasteiger partial charge in [0.05, 0.1) is 0 Å². The normalized spacial score (nSPS) is 19.5. The molecule has 0 fully saturated rings. The average molecular weight is 288 g/mol. The van der Waals surface area contributed by atoms with Crippen LogP contribution >= 0.6 is 0 Å². The van der Waals surface area contributed by atoms with Gasteiger partial charge < -0.3 is 1.43 Å². The predicted molar refractivity (Wildman–Crippen MR) is 93.3 cm³/mol. The molecule has 2 aliphatic carbocycles. The van der Waals surface area contributed by atoms with E-state index in [0.717, 1.165) is 6.42 Å². The minimum absolute atomic E-state index is 0. The van der Waals surface area contributed by atoms with Crippen LogP contribution in [0.5, 0.6) is 0 Å². The molecule has 3 rings (SSSR count). The van der Waals surface area contributed by atoms with Crippen LogP contribution in [-0.2, 0) is 6.42 Å². The smallest absolute Gasteiger partial charge is 1.00 e. The first-order chi connectivity index (χ1) is 9.66. The topological polar surface area (TPSA) is 0 Å². The van der Waals surface area contributed by atoms with E-state index in [-0.39, 0.29) is 36.5 Å². The molecule has 0 heterocycles. The molecular weight excluding hydrogens is 259 g/mol. The first-order valence-electron chi connectivity index (χ1n) is 8.15. The molecule has 0 aromatic heterocycles. The number of fused-ring (bicyclic) bond motifs is 2. The summed E-state index contributed by atoms with van der Waals surface area (Å²) in [7, 11) is 0. The number of hydrogen-bond acceptors (Lipinski definition) is 0. The van der Waals surface area contributed by atoms with Gasteiger partial charge in [0.25, 0.3) is 0 Å². The van der Waals surface area contributed by atoms with Gasteiger partial charge in [-0.15, -0.1) is 0 Å². The summed E-state index contributed by atoms with van der Waals surface area (Å²) in [6.45, 7) is 14.4. The van der Waals surface area contributed by atoms with E-state index in [1.54, 1.807) is 11.1 Å². The molecule has 1 heteroatoms. The Morgan fingerprint density at radius 1 is 0.955 bits per heavy atom. The Bertz CT molecular complexity index is 625. The van der Waals surface area contributed by atoms with Gasteiger partial charge in [0.15, 0.2) is 0 Å². The Labute approximate surface area is 149 Å². The molecule has 0 radical (unpaired) electrons. The molecule has 0 saturated heterocycles. The van der Waals surface area contributed by atoms with Gasteiger partial charge >= 0.3 is 18.9 Å². The van der Waals surface area contributed by atoms with Crippen LogP contribution in [0.15, 0.2) is 42.0 Å². The van der Waals surface area contributed by atoms with Crippen LogP contribution in [0.1, 0.15) is 60.5 Å². The fraction of sp³-hybridized carbons (Fsp3) is 0.524. The molecule has 0 unspecified atom stereocenters. The zero-order chi connectivity index (χ0) is 15.5. The number of rotatable bonds is 0. The van der Waals surface area contributed by atoms with Crippen molar-refractivity contribution in [2.45, 2.75) is 54.4 Å². The minimum atomic E-state index is 0. The second-order valence-corrected chi connectivity index (χ2v) is 8.82. The van der Waals surface area contributed by atoms with Crippen LogP contribution in [-0.4, -0.2) is 0 Å². The maximum absolute atomic E-state index is 2.53. The molecular formula is C21H29Li. The van der Waals surface area contributed by atoms with Gasteiger partial charge in [-0.05, 0) is 45.9 Å². The molecule has 0 nitrogen and oxygen atoms in total. The second-order valence-electron chi connectivity index (χ2n) is 8.82. The van der Waals surface area contributed by atoms with Gasteiger partial charge in [0, 0.05) is 5.41 Å². The summed E-state index contributed by atoms with van der Waals surface area (Å²) in [5.74, 6) is 0. The van der Waals surface area contributed by atoms with Crippen molar-refractivity contribution in [1.29, 1.82) is 0 Å². The molecule has 1 aromatic carbocycles. The Hall–Kier alpha value is -0.703. The Kier molecular flexibility index (Phi) is 4.36. The molecule has 0 bridgehead atoms. The maximum Gasteiger partial charge on any atom is 1.00 e. The summed E-state index contributed by atoms with van der Waals surface area (Å²) in [5.41, 5.74) is 6.84. The number of benzene rings is 1. The van der Waals surface area contributed by atoms with Gasteiger partial charge in [-0.2, -0.15) is 0 Å². The summed E-state index contributed by atoms with van der Waals surface area (Å²) in [6.07, 6.45) is 7.24. The summed E-state index contributed by atoms with van der Waals surface area (Å²) < 4.78 is 0. The molecule has 0 atom stereocenters. The van der Waals surface area contributed by atoms with Crippen molar-refractivity contribution in [1.82, 2.24) is 0 Å². The third-order valence-electron chi connectivity index (χ3n) is 5.81. The summed E-state index contributed by atoms with van der Waals surface area (Å²) >= 11 is 0. The first kappa shape index (κ1) is 17.6. The zero-order valence-electron chi connectivity index (χ0n) is 16.4. The van der Waals surface area contributed by atoms with E-state index in [1.165, 1.54) is 17.5 Å². The van der Waals surface area contributed by atoms with Crippen LogP contribution in [0.3, 0.4) is 0 Å². The fourth-order valence-electron chi connectivity index (χ4n) is 4.56. The zero-order valence-corrected chi connectivity index (χ0v) is 15.4. The van der Waals surface area contributed by atoms with E-state index >= 15 is 0 Å². The van der Waals surface area contributed by atoms with Crippen LogP contribution < -0.4 is 18.9 Å². The summed E-state index contributed by atoms with van der Waals surface area (Å²) in [5, 5.41) is 0. The second kappa shape index (κ2) is 5.43. The van der Waals surface area contributed by atoms with Gasteiger partial charge in [-0.25, -0.2) is 0 Å². The molecule has 114 valence electrons. The molecule has 0 saturated carbocycles. The van der Waals surface area contributed by atoms with Gasteiger partial charge in [-0.1, -0.05) is 78.0 Å². The van der Waals surface area contributed by atoms with Crippen molar-refractivity contribution in [3.63, 3.8) is 0 Å². The van der Waals surface area contributed by atoms with Crippen LogP contribution in [0.4, 0.5) is 0 Å². The minimum Gasteiger partial charge on any atom is -1.00 e. The Morgan fingerprint density at radius 3 is 2.14 bits per heavy atom. The Morgan fingerprint density at radius 2 is 1.55 bits per heavy atom. The van der Waals surface area contributed by atoms with Crippen molar-refractivity contribution in [3.05, 3.63) is 53.1 Å². The van der Waals surface area contributed by atoms with Gasteiger partial charge in [0.2, 0.25) is 0 Å². The van der Waals surface area contributed by atoms with Crippen LogP contribution in [0.25, 0.3) is 5.57 Å². The molecule has 0 amide bonds. The monoisotopic (exact) mass is 288 g/mol. The Balaban J connectivity index is 0.00000132. The SMILES string of the molecule is CC(C)(C)C1(C(C)(C)C)C=CC2=C(C1)c1ccccc1C2.[H-].[Li+]. The average Bonchev–Trinajstić information content (AvgIpc) is 2.73. The first-order valence-corrected chi connectivity index (χ1v) is 8.15. The largest absolute Gasteiger partial charge is 1.00 e. The van der Waals surface area contributed by atoms with Gasteiger partial charge in [0.1, 0.15) is 0 Å². The van der Waals surface area contributed by atoms with Crippen molar-refractivity contribution < 1.29 is 20.3 Å². The van der Waals surface area contributed by atoms with Crippen molar-refractivity contribution in [2.24, 2.45) is 16.2 Å². The molecule has 2 aliphatic rings. The number of allylic oxidation sites excluding steroid dienone is 4. The molecule has 22 heavy (non-hydrogen) atoms. The molecule has 0 spiro atoms. The van der Waals surface area contributed by atoms with E-state index in [2.05, 4.69) is 78.0 Å². The molecule has 0 aliphatic heterocycles. The van der Waals surface area contributed by atoms with Crippen LogP contribution in [0, 0.1) is 16.2 Å². The fourth-order valence-corrected chi connectivity index (χ4v) is 4.56. The van der Waals surface area contributed by atoms with E-state index in [9.17, 15) is 0 Å². The van der Waals surface area contributed by atoms with Crippen molar-refractivity contribution in [3.8, 4) is 0 Å². The summed E-state index contributed by atoms with van der Waals surface area (Å²) in [4.78, 5) is 0. The van der Waals surface area contributed by atoms with Crippen molar-refractivity contribution in [2.75, 3.05) is 0 Å². The molecule has 0 N–H and O–H groups in total. The van der Waals surface area contributed by atoms with E-state index < -0.39 is 0 Å². The van der Waals surface area contributed by atoms with E-state index in [4.69, 9.17) is 0 Å². The van der Waals surface area contributed by atoms with Gasteiger partial charge in [-0.3, -0.25) is 0 Å². The third-order valence-corrected chi connectivity index (χ3v) is 5.81. The molecule has 1 aromatic rings. The predicted octanol–water partition coefficient (Wildman–Crippen LogP) is 3.15.